The van der Waals surface area contributed by atoms with E-state index in [1.54, 1.807) is 0 Å². The third-order valence-electron chi connectivity index (χ3n) is 3.44. The van der Waals surface area contributed by atoms with Gasteiger partial charge in [-0.1, -0.05) is 48.5 Å². The van der Waals surface area contributed by atoms with E-state index < -0.39 is 0 Å². The largest absolute Gasteiger partial charge is 0.391 e. The van der Waals surface area contributed by atoms with E-state index >= 15 is 0 Å². The molecule has 110 valence electrons. The van der Waals surface area contributed by atoms with Gasteiger partial charge in [-0.25, -0.2) is 9.97 Å². The normalized spacial score (nSPS) is 10.5. The summed E-state index contributed by atoms with van der Waals surface area (Å²) in [6, 6.07) is 19.6. The minimum Gasteiger partial charge on any atom is -0.391 e. The maximum absolute atomic E-state index is 9.62. The first-order valence-electron chi connectivity index (χ1n) is 7.14. The van der Waals surface area contributed by atoms with Crippen LogP contribution in [0.25, 0.3) is 11.4 Å². The number of anilines is 2. The molecule has 0 aliphatic rings. The Morgan fingerprint density at radius 2 is 1.55 bits per heavy atom. The van der Waals surface area contributed by atoms with Gasteiger partial charge in [-0.15, -0.1) is 0 Å². The maximum atomic E-state index is 9.62. The topological polar surface area (TPSA) is 58.0 Å². The first-order valence-corrected chi connectivity index (χ1v) is 7.14. The zero-order chi connectivity index (χ0) is 15.4. The fourth-order valence-electron chi connectivity index (χ4n) is 2.26. The Labute approximate surface area is 129 Å². The molecule has 4 nitrogen and oxygen atoms in total. The lowest BCUT2D eigenvalue weighted by molar-refractivity contribution is 0.281. The van der Waals surface area contributed by atoms with Crippen molar-refractivity contribution in [2.24, 2.45) is 0 Å². The second-order valence-corrected chi connectivity index (χ2v) is 4.97. The molecular formula is C18H17N3O. The van der Waals surface area contributed by atoms with E-state index in [1.807, 2.05) is 67.6 Å². The summed E-state index contributed by atoms with van der Waals surface area (Å²) in [4.78, 5) is 9.09. The molecule has 1 heterocycles. The van der Waals surface area contributed by atoms with Crippen LogP contribution in [-0.4, -0.2) is 15.1 Å². The fraction of sp³-hybridized carbons (Fsp3) is 0.111. The van der Waals surface area contributed by atoms with Crippen LogP contribution in [0.5, 0.6) is 0 Å². The Kier molecular flexibility index (Phi) is 4.12. The first-order chi connectivity index (χ1) is 10.8. The average molecular weight is 291 g/mol. The van der Waals surface area contributed by atoms with Gasteiger partial charge in [-0.3, -0.25) is 0 Å². The van der Waals surface area contributed by atoms with Gasteiger partial charge in [-0.2, -0.15) is 0 Å². The van der Waals surface area contributed by atoms with Gasteiger partial charge in [0.2, 0.25) is 0 Å². The number of benzene rings is 2. The van der Waals surface area contributed by atoms with Crippen LogP contribution < -0.4 is 5.32 Å². The number of nitrogens with zero attached hydrogens (tertiary/aromatic N) is 2. The molecule has 0 bridgehead atoms. The van der Waals surface area contributed by atoms with Gasteiger partial charge in [0.1, 0.15) is 5.82 Å². The van der Waals surface area contributed by atoms with Gasteiger partial charge >= 0.3 is 0 Å². The molecule has 0 fully saturated rings. The smallest absolute Gasteiger partial charge is 0.161 e. The summed E-state index contributed by atoms with van der Waals surface area (Å²) in [5.41, 5.74) is 3.36. The van der Waals surface area contributed by atoms with Gasteiger partial charge in [0, 0.05) is 22.5 Å². The van der Waals surface area contributed by atoms with E-state index in [2.05, 4.69) is 15.3 Å². The van der Waals surface area contributed by atoms with Gasteiger partial charge in [0.15, 0.2) is 5.82 Å². The molecular weight excluding hydrogens is 274 g/mol. The van der Waals surface area contributed by atoms with Crippen molar-refractivity contribution in [3.8, 4) is 11.4 Å². The lowest BCUT2D eigenvalue weighted by Crippen LogP contribution is -2.05. The average Bonchev–Trinajstić information content (AvgIpc) is 2.56. The van der Waals surface area contributed by atoms with Crippen LogP contribution in [0.1, 0.15) is 11.3 Å². The summed E-state index contributed by atoms with van der Waals surface area (Å²) in [5.74, 6) is 1.29. The van der Waals surface area contributed by atoms with Crippen molar-refractivity contribution in [3.63, 3.8) is 0 Å². The molecule has 2 N–H and O–H groups in total. The predicted molar refractivity (Wildman–Crippen MR) is 87.9 cm³/mol. The minimum absolute atomic E-state index is 0.101. The minimum atomic E-state index is -0.101. The zero-order valence-corrected chi connectivity index (χ0v) is 12.3. The highest BCUT2D eigenvalue weighted by Gasteiger charge is 2.12. The number of hydrogen-bond donors (Lipinski definition) is 2. The number of hydrogen-bond acceptors (Lipinski definition) is 4. The van der Waals surface area contributed by atoms with E-state index in [4.69, 9.17) is 0 Å². The van der Waals surface area contributed by atoms with Crippen molar-refractivity contribution in [1.82, 2.24) is 9.97 Å². The number of aliphatic hydroxyl groups excluding tert-OH is 1. The van der Waals surface area contributed by atoms with Crippen molar-refractivity contribution >= 4 is 11.5 Å². The Bertz CT molecular complexity index is 758. The van der Waals surface area contributed by atoms with Crippen LogP contribution in [0, 0.1) is 6.92 Å². The summed E-state index contributed by atoms with van der Waals surface area (Å²) in [6.07, 6.45) is 0. The third kappa shape index (κ3) is 2.97. The first kappa shape index (κ1) is 14.2. The molecule has 0 spiro atoms. The number of aliphatic hydroxyl groups is 1. The van der Waals surface area contributed by atoms with Crippen LogP contribution in [0.15, 0.2) is 60.7 Å². The van der Waals surface area contributed by atoms with Crippen LogP contribution in [0.2, 0.25) is 0 Å². The predicted octanol–water partition coefficient (Wildman–Crippen LogP) is 3.69. The summed E-state index contributed by atoms with van der Waals surface area (Å²) in [5, 5.41) is 12.9. The molecule has 0 amide bonds. The zero-order valence-electron chi connectivity index (χ0n) is 12.3. The number of aryl methyl sites for hydroxylation is 1. The Morgan fingerprint density at radius 3 is 2.18 bits per heavy atom. The summed E-state index contributed by atoms with van der Waals surface area (Å²) in [7, 11) is 0. The Balaban J connectivity index is 2.05. The van der Waals surface area contributed by atoms with Gasteiger partial charge in [0.25, 0.3) is 0 Å². The molecule has 0 aliphatic heterocycles. The van der Waals surface area contributed by atoms with Gasteiger partial charge in [0.05, 0.1) is 6.61 Å². The van der Waals surface area contributed by atoms with Crippen LogP contribution in [0.4, 0.5) is 11.5 Å². The quantitative estimate of drug-likeness (QED) is 0.769. The molecule has 0 atom stereocenters. The van der Waals surface area contributed by atoms with Crippen molar-refractivity contribution in [3.05, 3.63) is 71.9 Å². The molecule has 0 saturated heterocycles. The van der Waals surface area contributed by atoms with Gasteiger partial charge < -0.3 is 10.4 Å². The van der Waals surface area contributed by atoms with Crippen LogP contribution in [-0.2, 0) is 6.61 Å². The van der Waals surface area contributed by atoms with Crippen molar-refractivity contribution < 1.29 is 5.11 Å². The highest BCUT2D eigenvalue weighted by Crippen LogP contribution is 2.24. The van der Waals surface area contributed by atoms with Crippen LogP contribution >= 0.6 is 0 Å². The molecule has 2 aromatic carbocycles. The van der Waals surface area contributed by atoms with Crippen molar-refractivity contribution in [2.45, 2.75) is 13.5 Å². The fourth-order valence-corrected chi connectivity index (χ4v) is 2.26. The number of nitrogens with one attached hydrogen (secondary N) is 1. The standard InChI is InChI=1S/C18H17N3O/c1-13-16(12-22)18(20-15-10-6-3-7-11-15)21-17(19-13)14-8-4-2-5-9-14/h2-11,22H,12H2,1H3,(H,19,20,21). The molecule has 0 radical (unpaired) electrons. The second-order valence-electron chi connectivity index (χ2n) is 4.97. The number of aromatic nitrogens is 2. The molecule has 3 aromatic rings. The van der Waals surface area contributed by atoms with Gasteiger partial charge in [-0.05, 0) is 19.1 Å². The highest BCUT2D eigenvalue weighted by atomic mass is 16.3. The molecule has 3 rings (SSSR count). The number of rotatable bonds is 4. The van der Waals surface area contributed by atoms with Crippen LogP contribution in [0.3, 0.4) is 0 Å². The van der Waals surface area contributed by atoms with E-state index in [0.29, 0.717) is 17.2 Å². The monoisotopic (exact) mass is 291 g/mol. The second kappa shape index (κ2) is 6.37. The summed E-state index contributed by atoms with van der Waals surface area (Å²) in [6.45, 7) is 1.78. The maximum Gasteiger partial charge on any atom is 0.161 e. The molecule has 22 heavy (non-hydrogen) atoms. The van der Waals surface area contributed by atoms with Crippen molar-refractivity contribution in [1.29, 1.82) is 0 Å². The Morgan fingerprint density at radius 1 is 0.909 bits per heavy atom. The summed E-state index contributed by atoms with van der Waals surface area (Å²) < 4.78 is 0. The SMILES string of the molecule is Cc1nc(-c2ccccc2)nc(Nc2ccccc2)c1CO. The molecule has 0 saturated carbocycles. The lowest BCUT2D eigenvalue weighted by Gasteiger charge is -2.13. The molecule has 0 unspecified atom stereocenters. The molecule has 0 aliphatic carbocycles. The van der Waals surface area contributed by atoms with E-state index in [9.17, 15) is 5.11 Å². The van der Waals surface area contributed by atoms with Crippen molar-refractivity contribution in [2.75, 3.05) is 5.32 Å². The summed E-state index contributed by atoms with van der Waals surface area (Å²) >= 11 is 0. The van der Waals surface area contributed by atoms with E-state index in [0.717, 1.165) is 16.9 Å². The van der Waals surface area contributed by atoms with E-state index in [1.165, 1.54) is 0 Å². The molecule has 4 heteroatoms. The van der Waals surface area contributed by atoms with E-state index in [-0.39, 0.29) is 6.61 Å². The Hall–Kier alpha value is -2.72. The lowest BCUT2D eigenvalue weighted by atomic mass is 10.1. The molecule has 1 aromatic heterocycles. The third-order valence-corrected chi connectivity index (χ3v) is 3.44. The number of para-hydroxylation sites is 1. The highest BCUT2D eigenvalue weighted by molar-refractivity contribution is 5.64.